The maximum Gasteiger partial charge on any atom is 0.416 e. The lowest BCUT2D eigenvalue weighted by Crippen LogP contribution is -2.30. The van der Waals surface area contributed by atoms with E-state index in [0.29, 0.717) is 29.8 Å². The molecule has 2 heterocycles. The Morgan fingerprint density at radius 2 is 2.03 bits per heavy atom. The summed E-state index contributed by atoms with van der Waals surface area (Å²) in [6.07, 6.45) is -3.46. The van der Waals surface area contributed by atoms with Gasteiger partial charge in [-0.25, -0.2) is 0 Å². The van der Waals surface area contributed by atoms with Gasteiger partial charge in [0.2, 0.25) is 5.91 Å². The summed E-state index contributed by atoms with van der Waals surface area (Å²) in [5.74, 6) is -0.262. The largest absolute Gasteiger partial charge is 0.416 e. The van der Waals surface area contributed by atoms with Gasteiger partial charge in [-0.3, -0.25) is 9.48 Å². The molecular weight excluding hydrogens is 409 g/mol. The van der Waals surface area contributed by atoms with Gasteiger partial charge in [-0.2, -0.15) is 18.3 Å². The molecule has 3 aromatic rings. The standard InChI is InChI=1S/C22H21F3N4O2/c1-28-12-17(21(26)31)20(27-28)15-5-6-18-14(11-15)7-8-29(18)19(30)10-13-3-2-4-16(9-13)22(23,24)25/h2-6,9,11-12,21,31H,7-8,10,26H2,1H3. The summed E-state index contributed by atoms with van der Waals surface area (Å²) in [6, 6.07) is 10.3. The third-order valence-corrected chi connectivity index (χ3v) is 5.33. The molecule has 1 aliphatic rings. The number of carbonyl (C=O) groups is 1. The highest BCUT2D eigenvalue weighted by atomic mass is 19.4. The molecule has 2 aromatic carbocycles. The van der Waals surface area contributed by atoms with E-state index in [0.717, 1.165) is 28.9 Å². The molecule has 0 radical (unpaired) electrons. The summed E-state index contributed by atoms with van der Waals surface area (Å²) in [7, 11) is 1.73. The average molecular weight is 430 g/mol. The number of benzene rings is 2. The van der Waals surface area contributed by atoms with Crippen LogP contribution in [-0.4, -0.2) is 27.3 Å². The molecule has 4 rings (SSSR count). The molecule has 1 atom stereocenters. The van der Waals surface area contributed by atoms with Crippen molar-refractivity contribution in [1.29, 1.82) is 0 Å². The topological polar surface area (TPSA) is 84.4 Å². The third-order valence-electron chi connectivity index (χ3n) is 5.33. The Morgan fingerprint density at radius 3 is 2.74 bits per heavy atom. The number of amides is 1. The van der Waals surface area contributed by atoms with Crippen molar-refractivity contribution in [3.8, 4) is 11.3 Å². The Hall–Kier alpha value is -3.17. The minimum atomic E-state index is -4.45. The quantitative estimate of drug-likeness (QED) is 0.623. The average Bonchev–Trinajstić information content (AvgIpc) is 3.30. The van der Waals surface area contributed by atoms with Crippen LogP contribution >= 0.6 is 0 Å². The number of aryl methyl sites for hydroxylation is 1. The van der Waals surface area contributed by atoms with Crippen LogP contribution in [0.3, 0.4) is 0 Å². The molecule has 1 aliphatic heterocycles. The minimum absolute atomic E-state index is 0.116. The Bertz CT molecular complexity index is 1140. The highest BCUT2D eigenvalue weighted by Crippen LogP contribution is 2.34. The second-order valence-electron chi connectivity index (χ2n) is 7.57. The van der Waals surface area contributed by atoms with Crippen LogP contribution in [0.15, 0.2) is 48.7 Å². The van der Waals surface area contributed by atoms with Crippen LogP contribution in [0.4, 0.5) is 18.9 Å². The van der Waals surface area contributed by atoms with E-state index in [9.17, 15) is 23.1 Å². The van der Waals surface area contributed by atoms with Crippen molar-refractivity contribution in [3.63, 3.8) is 0 Å². The van der Waals surface area contributed by atoms with Crippen molar-refractivity contribution in [2.24, 2.45) is 12.8 Å². The smallest absolute Gasteiger partial charge is 0.374 e. The minimum Gasteiger partial charge on any atom is -0.374 e. The fraction of sp³-hybridized carbons (Fsp3) is 0.273. The van der Waals surface area contributed by atoms with Crippen molar-refractivity contribution in [1.82, 2.24) is 9.78 Å². The summed E-state index contributed by atoms with van der Waals surface area (Å²) < 4.78 is 40.4. The number of carbonyl (C=O) groups excluding carboxylic acids is 1. The lowest BCUT2D eigenvalue weighted by Gasteiger charge is -2.18. The van der Waals surface area contributed by atoms with E-state index >= 15 is 0 Å². The van der Waals surface area contributed by atoms with Crippen LogP contribution in [0, 0.1) is 0 Å². The van der Waals surface area contributed by atoms with Gasteiger partial charge in [0.05, 0.1) is 17.7 Å². The molecule has 6 nitrogen and oxygen atoms in total. The number of anilines is 1. The number of aliphatic hydroxyl groups excluding tert-OH is 1. The van der Waals surface area contributed by atoms with Crippen molar-refractivity contribution in [2.45, 2.75) is 25.2 Å². The summed E-state index contributed by atoms with van der Waals surface area (Å²) in [4.78, 5) is 14.4. The van der Waals surface area contributed by atoms with E-state index in [1.807, 2.05) is 6.07 Å². The van der Waals surface area contributed by atoms with Crippen molar-refractivity contribution >= 4 is 11.6 Å². The Kier molecular flexibility index (Phi) is 5.32. The van der Waals surface area contributed by atoms with E-state index in [4.69, 9.17) is 5.73 Å². The van der Waals surface area contributed by atoms with Gasteiger partial charge in [-0.05, 0) is 35.7 Å². The van der Waals surface area contributed by atoms with E-state index in [1.165, 1.54) is 12.1 Å². The maximum absolute atomic E-state index is 12.9. The molecule has 1 amide bonds. The molecule has 0 spiro atoms. The molecule has 0 aliphatic carbocycles. The van der Waals surface area contributed by atoms with E-state index in [-0.39, 0.29) is 12.3 Å². The first-order chi connectivity index (χ1) is 14.6. The molecule has 0 fully saturated rings. The van der Waals surface area contributed by atoms with Crippen molar-refractivity contribution in [2.75, 3.05) is 11.4 Å². The van der Waals surface area contributed by atoms with Crippen LogP contribution in [0.5, 0.6) is 0 Å². The molecule has 0 bridgehead atoms. The van der Waals surface area contributed by atoms with Crippen LogP contribution in [-0.2, 0) is 30.9 Å². The third kappa shape index (κ3) is 4.19. The van der Waals surface area contributed by atoms with Gasteiger partial charge in [0, 0.05) is 36.6 Å². The van der Waals surface area contributed by atoms with Crippen LogP contribution in [0.25, 0.3) is 11.3 Å². The van der Waals surface area contributed by atoms with E-state index < -0.39 is 18.0 Å². The number of nitrogens with zero attached hydrogens (tertiary/aromatic N) is 3. The van der Waals surface area contributed by atoms with Gasteiger partial charge < -0.3 is 15.7 Å². The van der Waals surface area contributed by atoms with Gasteiger partial charge in [0.15, 0.2) is 0 Å². The van der Waals surface area contributed by atoms with Gasteiger partial charge in [0.1, 0.15) is 6.23 Å². The number of hydrogen-bond donors (Lipinski definition) is 2. The Balaban J connectivity index is 1.57. The van der Waals surface area contributed by atoms with Crippen LogP contribution < -0.4 is 10.6 Å². The highest BCUT2D eigenvalue weighted by molar-refractivity contribution is 5.97. The second kappa shape index (κ2) is 7.82. The molecule has 9 heteroatoms. The highest BCUT2D eigenvalue weighted by Gasteiger charge is 2.31. The normalized spacial score (nSPS) is 14.6. The molecule has 3 N–H and O–H groups in total. The zero-order valence-electron chi connectivity index (χ0n) is 16.7. The number of halogens is 3. The predicted octanol–water partition coefficient (Wildman–Crippen LogP) is 3.19. The van der Waals surface area contributed by atoms with Crippen LogP contribution in [0.2, 0.25) is 0 Å². The number of fused-ring (bicyclic) bond motifs is 1. The molecule has 0 saturated heterocycles. The van der Waals surface area contributed by atoms with Gasteiger partial charge >= 0.3 is 6.18 Å². The maximum atomic E-state index is 12.9. The zero-order chi connectivity index (χ0) is 22.3. The predicted molar refractivity (Wildman–Crippen MR) is 109 cm³/mol. The van der Waals surface area contributed by atoms with Crippen molar-refractivity contribution < 1.29 is 23.1 Å². The Morgan fingerprint density at radius 1 is 1.26 bits per heavy atom. The van der Waals surface area contributed by atoms with E-state index in [2.05, 4.69) is 5.10 Å². The number of nitrogens with two attached hydrogens (primary N) is 1. The van der Waals surface area contributed by atoms with Gasteiger partial charge in [-0.15, -0.1) is 0 Å². The SMILES string of the molecule is Cn1cc(C(N)O)c(-c2ccc3c(c2)CCN3C(=O)Cc2cccc(C(F)(F)F)c2)n1. The number of alkyl halides is 3. The molecular formula is C22H21F3N4O2. The first-order valence-corrected chi connectivity index (χ1v) is 9.70. The van der Waals surface area contributed by atoms with Gasteiger partial charge in [0.25, 0.3) is 0 Å². The fourth-order valence-corrected chi connectivity index (χ4v) is 3.88. The summed E-state index contributed by atoms with van der Waals surface area (Å²) in [5, 5.41) is 14.2. The second-order valence-corrected chi connectivity index (χ2v) is 7.57. The number of aliphatic hydroxyl groups is 1. The summed E-state index contributed by atoms with van der Waals surface area (Å²) in [5.41, 5.74) is 8.67. The van der Waals surface area contributed by atoms with Gasteiger partial charge in [-0.1, -0.05) is 24.3 Å². The Labute approximate surface area is 176 Å². The molecule has 1 unspecified atom stereocenters. The lowest BCUT2D eigenvalue weighted by atomic mass is 10.0. The number of rotatable bonds is 4. The van der Waals surface area contributed by atoms with Crippen molar-refractivity contribution in [3.05, 3.63) is 70.9 Å². The fourth-order valence-electron chi connectivity index (χ4n) is 3.88. The summed E-state index contributed by atoms with van der Waals surface area (Å²) >= 11 is 0. The number of hydrogen-bond acceptors (Lipinski definition) is 4. The van der Waals surface area contributed by atoms with E-state index in [1.54, 1.807) is 35.0 Å². The lowest BCUT2D eigenvalue weighted by molar-refractivity contribution is -0.137. The molecule has 0 saturated carbocycles. The first kappa shape index (κ1) is 21.1. The summed E-state index contributed by atoms with van der Waals surface area (Å²) in [6.45, 7) is 0.450. The van der Waals surface area contributed by atoms with Crippen LogP contribution in [0.1, 0.15) is 28.5 Å². The monoisotopic (exact) mass is 430 g/mol. The number of aromatic nitrogens is 2. The first-order valence-electron chi connectivity index (χ1n) is 9.70. The molecule has 1 aromatic heterocycles. The molecule has 31 heavy (non-hydrogen) atoms. The zero-order valence-corrected chi connectivity index (χ0v) is 16.7. The molecule has 162 valence electrons.